The minimum absolute atomic E-state index is 0.0270. The summed E-state index contributed by atoms with van der Waals surface area (Å²) >= 11 is 0. The van der Waals surface area contributed by atoms with Gasteiger partial charge in [-0.25, -0.2) is 0 Å². The molecule has 1 aliphatic rings. The summed E-state index contributed by atoms with van der Waals surface area (Å²) in [5, 5.41) is 14.6. The molecule has 0 saturated carbocycles. The highest BCUT2D eigenvalue weighted by atomic mass is 16.4. The number of carboxylic acid groups (broad SMARTS) is 1. The second-order valence-electron chi connectivity index (χ2n) is 7.81. The fraction of sp³-hybridized carbons (Fsp3) is 0.154. The van der Waals surface area contributed by atoms with Crippen molar-refractivity contribution in [2.24, 2.45) is 0 Å². The first kappa shape index (κ1) is 22.1. The first-order valence-electron chi connectivity index (χ1n) is 10.6. The van der Waals surface area contributed by atoms with Crippen molar-refractivity contribution in [2.75, 3.05) is 0 Å². The van der Waals surface area contributed by atoms with Crippen LogP contribution in [0.5, 0.6) is 0 Å². The number of ketones is 1. The summed E-state index contributed by atoms with van der Waals surface area (Å²) in [5.74, 6) is -2.43. The molecule has 1 atom stereocenters. The molecule has 7 heteroatoms. The lowest BCUT2D eigenvalue weighted by Gasteiger charge is -2.14. The van der Waals surface area contributed by atoms with Gasteiger partial charge >= 0.3 is 5.97 Å². The molecule has 0 aromatic heterocycles. The van der Waals surface area contributed by atoms with Gasteiger partial charge in [-0.05, 0) is 35.2 Å². The molecule has 0 bridgehead atoms. The Morgan fingerprint density at radius 3 is 2.21 bits per heavy atom. The monoisotopic (exact) mass is 442 g/mol. The molecule has 0 unspecified atom stereocenters. The predicted molar refractivity (Wildman–Crippen MR) is 122 cm³/mol. The van der Waals surface area contributed by atoms with Crippen LogP contribution < -0.4 is 10.6 Å². The number of hydrogen-bond acceptors (Lipinski definition) is 5. The van der Waals surface area contributed by atoms with E-state index in [0.717, 1.165) is 16.7 Å². The van der Waals surface area contributed by atoms with Gasteiger partial charge in [-0.1, -0.05) is 60.7 Å². The number of hydrogen-bond donors (Lipinski definition) is 3. The van der Waals surface area contributed by atoms with E-state index in [1.165, 1.54) is 6.07 Å². The lowest BCUT2D eigenvalue weighted by Crippen LogP contribution is -2.38. The topological polar surface area (TPSA) is 113 Å². The van der Waals surface area contributed by atoms with E-state index < -0.39 is 23.8 Å². The van der Waals surface area contributed by atoms with Crippen LogP contribution in [0.25, 0.3) is 11.1 Å². The molecule has 0 fully saturated rings. The summed E-state index contributed by atoms with van der Waals surface area (Å²) in [6, 6.07) is 20.4. The Morgan fingerprint density at radius 2 is 1.48 bits per heavy atom. The van der Waals surface area contributed by atoms with Gasteiger partial charge in [0.2, 0.25) is 5.91 Å². The number of imide groups is 1. The summed E-state index contributed by atoms with van der Waals surface area (Å²) in [6.45, 7) is 0.351. The van der Waals surface area contributed by atoms with Crippen molar-refractivity contribution in [1.82, 2.24) is 10.6 Å². The molecule has 0 heterocycles. The lowest BCUT2D eigenvalue weighted by molar-refractivity contribution is -0.139. The van der Waals surface area contributed by atoms with Crippen molar-refractivity contribution >= 4 is 23.6 Å². The molecule has 1 aliphatic carbocycles. The average Bonchev–Trinajstić information content (AvgIpc) is 3.11. The maximum Gasteiger partial charge on any atom is 0.320 e. The molecule has 3 aromatic rings. The molecule has 3 N–H and O–H groups in total. The van der Waals surface area contributed by atoms with Gasteiger partial charge in [0.05, 0.1) is 0 Å². The Morgan fingerprint density at radius 1 is 0.818 bits per heavy atom. The average molecular weight is 442 g/mol. The largest absolute Gasteiger partial charge is 0.480 e. The van der Waals surface area contributed by atoms with E-state index in [4.69, 9.17) is 0 Å². The molecule has 7 nitrogen and oxygen atoms in total. The van der Waals surface area contributed by atoms with E-state index in [9.17, 15) is 24.3 Å². The molecule has 166 valence electrons. The van der Waals surface area contributed by atoms with Crippen LogP contribution in [0, 0.1) is 0 Å². The van der Waals surface area contributed by atoms with Gasteiger partial charge in [0.15, 0.2) is 5.78 Å². The van der Waals surface area contributed by atoms with E-state index in [0.29, 0.717) is 17.7 Å². The van der Waals surface area contributed by atoms with Crippen LogP contribution in [0.15, 0.2) is 72.8 Å². The Hall–Kier alpha value is -4.10. The normalized spacial score (nSPS) is 12.5. The number of aliphatic carboxylic acids is 1. The predicted octanol–water partition coefficient (Wildman–Crippen LogP) is 3.18. The van der Waals surface area contributed by atoms with Gasteiger partial charge in [-0.3, -0.25) is 24.5 Å². The van der Waals surface area contributed by atoms with Crippen molar-refractivity contribution in [3.05, 3.63) is 95.1 Å². The van der Waals surface area contributed by atoms with Gasteiger partial charge in [-0.2, -0.15) is 0 Å². The number of fused-ring (bicyclic) bond motifs is 3. The van der Waals surface area contributed by atoms with Crippen molar-refractivity contribution < 1.29 is 24.3 Å². The number of carboxylic acids is 1. The molecule has 2 amide bonds. The molecule has 0 radical (unpaired) electrons. The Balaban J connectivity index is 1.34. The van der Waals surface area contributed by atoms with E-state index in [1.54, 1.807) is 24.3 Å². The van der Waals surface area contributed by atoms with Crippen molar-refractivity contribution in [3.63, 3.8) is 0 Å². The zero-order chi connectivity index (χ0) is 23.4. The summed E-state index contributed by atoms with van der Waals surface area (Å²) in [4.78, 5) is 49.0. The zero-order valence-corrected chi connectivity index (χ0v) is 17.7. The number of benzene rings is 3. The maximum absolute atomic E-state index is 12.6. The second-order valence-corrected chi connectivity index (χ2v) is 7.81. The number of carbonyl (C=O) groups excluding carboxylic acids is 3. The summed E-state index contributed by atoms with van der Waals surface area (Å²) in [5.41, 5.74) is 3.71. The third-order valence-corrected chi connectivity index (χ3v) is 5.59. The highest BCUT2D eigenvalue weighted by molar-refractivity contribution is 6.22. The minimum Gasteiger partial charge on any atom is -0.480 e. The van der Waals surface area contributed by atoms with Crippen molar-refractivity contribution in [3.8, 4) is 11.1 Å². The summed E-state index contributed by atoms with van der Waals surface area (Å²) in [7, 11) is 0. The second kappa shape index (κ2) is 9.58. The van der Waals surface area contributed by atoms with Gasteiger partial charge < -0.3 is 10.4 Å². The van der Waals surface area contributed by atoms with Gasteiger partial charge in [-0.15, -0.1) is 0 Å². The maximum atomic E-state index is 12.6. The van der Waals surface area contributed by atoms with Crippen LogP contribution in [0.4, 0.5) is 0 Å². The van der Waals surface area contributed by atoms with Gasteiger partial charge in [0.25, 0.3) is 5.91 Å². The van der Waals surface area contributed by atoms with Crippen LogP contribution >= 0.6 is 0 Å². The lowest BCUT2D eigenvalue weighted by atomic mass is 10.0. The van der Waals surface area contributed by atoms with Crippen LogP contribution in [-0.2, 0) is 16.1 Å². The molecule has 0 saturated heterocycles. The van der Waals surface area contributed by atoms with Crippen LogP contribution in [0.1, 0.15) is 44.7 Å². The fourth-order valence-corrected chi connectivity index (χ4v) is 3.86. The molecular weight excluding hydrogens is 420 g/mol. The smallest absolute Gasteiger partial charge is 0.320 e. The third-order valence-electron chi connectivity index (χ3n) is 5.59. The molecule has 33 heavy (non-hydrogen) atoms. The molecule has 3 aromatic carbocycles. The molecule has 0 aliphatic heterocycles. The number of carbonyl (C=O) groups is 4. The standard InChI is InChI=1S/C26H22N2O5/c29-23(13-12-22(26(32)33)27-15-16-6-2-1-3-7-16)28-25(31)17-10-11-19-18-8-4-5-9-20(18)24(30)21(19)14-17/h1-11,14,22,27H,12-13,15H2,(H,32,33)(H,28,29,31)/t22-/m0/s1. The van der Waals surface area contributed by atoms with Gasteiger partial charge in [0, 0.05) is 29.7 Å². The third kappa shape index (κ3) is 4.88. The van der Waals surface area contributed by atoms with E-state index in [1.807, 2.05) is 42.5 Å². The first-order valence-corrected chi connectivity index (χ1v) is 10.6. The quantitative estimate of drug-likeness (QED) is 0.386. The Kier molecular flexibility index (Phi) is 6.42. The van der Waals surface area contributed by atoms with Crippen molar-refractivity contribution in [2.45, 2.75) is 25.4 Å². The highest BCUT2D eigenvalue weighted by Crippen LogP contribution is 2.36. The number of amides is 2. The van der Waals surface area contributed by atoms with Crippen LogP contribution in [0.3, 0.4) is 0 Å². The zero-order valence-electron chi connectivity index (χ0n) is 17.7. The summed E-state index contributed by atoms with van der Waals surface area (Å²) in [6.07, 6.45) is -0.112. The highest BCUT2D eigenvalue weighted by Gasteiger charge is 2.27. The van der Waals surface area contributed by atoms with Crippen LogP contribution in [0.2, 0.25) is 0 Å². The number of rotatable bonds is 8. The van der Waals surface area contributed by atoms with Gasteiger partial charge in [0.1, 0.15) is 6.04 Å². The minimum atomic E-state index is -1.07. The fourth-order valence-electron chi connectivity index (χ4n) is 3.86. The van der Waals surface area contributed by atoms with E-state index in [2.05, 4.69) is 10.6 Å². The first-order chi connectivity index (χ1) is 15.9. The SMILES string of the molecule is O=C(CC[C@H](NCc1ccccc1)C(=O)O)NC(=O)c1ccc2c(c1)C(=O)c1ccccc1-2. The Labute approximate surface area is 190 Å². The molecule has 0 spiro atoms. The van der Waals surface area contributed by atoms with Crippen LogP contribution in [-0.4, -0.2) is 34.7 Å². The van der Waals surface area contributed by atoms with Crippen molar-refractivity contribution in [1.29, 1.82) is 0 Å². The molecular formula is C26H22N2O5. The number of nitrogens with one attached hydrogen (secondary N) is 2. The Bertz CT molecular complexity index is 1240. The van der Waals surface area contributed by atoms with E-state index in [-0.39, 0.29) is 24.2 Å². The van der Waals surface area contributed by atoms with E-state index >= 15 is 0 Å². The molecule has 4 rings (SSSR count). The summed E-state index contributed by atoms with van der Waals surface area (Å²) < 4.78 is 0.